The summed E-state index contributed by atoms with van der Waals surface area (Å²) < 4.78 is 17.1. The first kappa shape index (κ1) is 19.5. The second kappa shape index (κ2) is 9.09. The molecule has 2 aromatic heterocycles. The quantitative estimate of drug-likeness (QED) is 0.656. The molecular formula is C23H26N2O4. The van der Waals surface area contributed by atoms with Crippen molar-refractivity contribution in [1.82, 2.24) is 9.97 Å². The molecule has 3 heterocycles. The summed E-state index contributed by atoms with van der Waals surface area (Å²) in [6.45, 7) is 4.44. The average Bonchev–Trinajstić information content (AvgIpc) is 2.76. The van der Waals surface area contributed by atoms with Gasteiger partial charge in [0.05, 0.1) is 12.3 Å². The third kappa shape index (κ3) is 4.77. The molecule has 6 heteroatoms. The Morgan fingerprint density at radius 1 is 1.17 bits per heavy atom. The zero-order valence-corrected chi connectivity index (χ0v) is 16.6. The highest BCUT2D eigenvalue weighted by atomic mass is 16.5. The summed E-state index contributed by atoms with van der Waals surface area (Å²) in [4.78, 5) is 20.1. The van der Waals surface area contributed by atoms with E-state index in [1.54, 1.807) is 12.3 Å². The van der Waals surface area contributed by atoms with E-state index in [0.29, 0.717) is 29.4 Å². The highest BCUT2D eigenvalue weighted by molar-refractivity contribution is 5.79. The van der Waals surface area contributed by atoms with Crippen molar-refractivity contribution < 1.29 is 14.2 Å². The third-order valence-electron chi connectivity index (χ3n) is 5.46. The molecule has 0 aliphatic carbocycles. The molecule has 1 N–H and O–H groups in total. The summed E-state index contributed by atoms with van der Waals surface area (Å²) in [6.07, 6.45) is 4.92. The number of hydrogen-bond donors (Lipinski definition) is 1. The minimum atomic E-state index is 0.0242. The van der Waals surface area contributed by atoms with Gasteiger partial charge in [0.2, 0.25) is 5.88 Å². The Balaban J connectivity index is 1.37. The van der Waals surface area contributed by atoms with Crippen molar-refractivity contribution in [2.75, 3.05) is 19.8 Å². The van der Waals surface area contributed by atoms with Crippen molar-refractivity contribution in [1.29, 1.82) is 0 Å². The maximum absolute atomic E-state index is 12.5. The molecule has 3 aromatic rings. The van der Waals surface area contributed by atoms with Gasteiger partial charge < -0.3 is 19.2 Å². The predicted molar refractivity (Wildman–Crippen MR) is 112 cm³/mol. The molecule has 1 aliphatic rings. The number of aromatic amines is 1. The Hall–Kier alpha value is -2.86. The fourth-order valence-electron chi connectivity index (χ4n) is 3.61. The summed E-state index contributed by atoms with van der Waals surface area (Å²) in [5.41, 5.74) is 2.24. The molecule has 1 saturated heterocycles. The fraction of sp³-hybridized carbons (Fsp3) is 0.391. The van der Waals surface area contributed by atoms with Gasteiger partial charge in [-0.2, -0.15) is 0 Å². The van der Waals surface area contributed by atoms with Gasteiger partial charge in [0.1, 0.15) is 12.4 Å². The van der Waals surface area contributed by atoms with Crippen LogP contribution in [-0.4, -0.2) is 29.8 Å². The SMILES string of the molecule is Cc1c(COc2cc(OCCC3CCOCC3)ccn2)[nH]c2ccccc2c1=O. The standard InChI is InChI=1S/C23H26N2O4/c1-16-21(25-20-5-3-2-4-19(20)23(16)26)15-29-22-14-18(6-10-24-22)28-13-9-17-7-11-27-12-8-17/h2-6,10,14,17H,7-9,11-13,15H2,1H3,(H,25,26). The number of pyridine rings is 2. The zero-order chi connectivity index (χ0) is 20.1. The van der Waals surface area contributed by atoms with Gasteiger partial charge in [-0.05, 0) is 50.3 Å². The van der Waals surface area contributed by atoms with Crippen LogP contribution in [0.4, 0.5) is 0 Å². The molecule has 4 rings (SSSR count). The minimum absolute atomic E-state index is 0.0242. The summed E-state index contributed by atoms with van der Waals surface area (Å²) in [7, 11) is 0. The summed E-state index contributed by atoms with van der Waals surface area (Å²) in [5.74, 6) is 1.89. The van der Waals surface area contributed by atoms with Crippen LogP contribution in [0.1, 0.15) is 30.5 Å². The van der Waals surface area contributed by atoms with Crippen molar-refractivity contribution >= 4 is 10.9 Å². The molecule has 0 radical (unpaired) electrons. The summed E-state index contributed by atoms with van der Waals surface area (Å²) in [6, 6.07) is 11.1. The van der Waals surface area contributed by atoms with E-state index < -0.39 is 0 Å². The van der Waals surface area contributed by atoms with Gasteiger partial charge in [0.15, 0.2) is 5.43 Å². The predicted octanol–water partition coefficient (Wildman–Crippen LogP) is 4.01. The number of fused-ring (bicyclic) bond motifs is 1. The molecular weight excluding hydrogens is 368 g/mol. The first-order valence-electron chi connectivity index (χ1n) is 10.1. The number of ether oxygens (including phenoxy) is 3. The second-order valence-electron chi connectivity index (χ2n) is 7.41. The van der Waals surface area contributed by atoms with Crippen molar-refractivity contribution in [3.05, 3.63) is 64.1 Å². The Morgan fingerprint density at radius 2 is 2.00 bits per heavy atom. The van der Waals surface area contributed by atoms with Crippen LogP contribution in [0, 0.1) is 12.8 Å². The lowest BCUT2D eigenvalue weighted by atomic mass is 9.97. The molecule has 1 aromatic carbocycles. The summed E-state index contributed by atoms with van der Waals surface area (Å²) >= 11 is 0. The molecule has 1 fully saturated rings. The van der Waals surface area contributed by atoms with Crippen molar-refractivity contribution in [3.63, 3.8) is 0 Å². The Morgan fingerprint density at radius 3 is 2.86 bits per heavy atom. The number of benzene rings is 1. The van der Waals surface area contributed by atoms with Crippen LogP contribution in [-0.2, 0) is 11.3 Å². The van der Waals surface area contributed by atoms with Crippen LogP contribution in [0.3, 0.4) is 0 Å². The number of nitrogens with one attached hydrogen (secondary N) is 1. The number of para-hydroxylation sites is 1. The molecule has 0 amide bonds. The normalized spacial score (nSPS) is 14.8. The number of H-pyrrole nitrogens is 1. The number of aromatic nitrogens is 2. The van der Waals surface area contributed by atoms with Crippen LogP contribution in [0.15, 0.2) is 47.4 Å². The van der Waals surface area contributed by atoms with Crippen molar-refractivity contribution in [2.24, 2.45) is 5.92 Å². The Bertz CT molecular complexity index is 1020. The molecule has 0 saturated carbocycles. The first-order valence-corrected chi connectivity index (χ1v) is 10.1. The maximum Gasteiger partial charge on any atom is 0.217 e. The molecule has 0 spiro atoms. The molecule has 0 atom stereocenters. The van der Waals surface area contributed by atoms with Gasteiger partial charge in [0.25, 0.3) is 0 Å². The third-order valence-corrected chi connectivity index (χ3v) is 5.46. The van der Waals surface area contributed by atoms with Crippen molar-refractivity contribution in [3.8, 4) is 11.6 Å². The van der Waals surface area contributed by atoms with E-state index in [1.165, 1.54) is 0 Å². The summed E-state index contributed by atoms with van der Waals surface area (Å²) in [5, 5.41) is 0.687. The molecule has 6 nitrogen and oxygen atoms in total. The van der Waals surface area contributed by atoms with E-state index in [2.05, 4.69) is 9.97 Å². The first-order chi connectivity index (χ1) is 14.2. The second-order valence-corrected chi connectivity index (χ2v) is 7.41. The molecule has 29 heavy (non-hydrogen) atoms. The highest BCUT2D eigenvalue weighted by Gasteiger charge is 2.14. The number of hydrogen-bond acceptors (Lipinski definition) is 5. The van der Waals surface area contributed by atoms with Crippen LogP contribution in [0.5, 0.6) is 11.6 Å². The largest absolute Gasteiger partial charge is 0.493 e. The zero-order valence-electron chi connectivity index (χ0n) is 16.6. The molecule has 0 unspecified atom stereocenters. The minimum Gasteiger partial charge on any atom is -0.493 e. The maximum atomic E-state index is 12.5. The van der Waals surface area contributed by atoms with Crippen LogP contribution >= 0.6 is 0 Å². The van der Waals surface area contributed by atoms with Gasteiger partial charge in [0, 0.05) is 41.9 Å². The lowest BCUT2D eigenvalue weighted by molar-refractivity contribution is 0.0593. The van der Waals surface area contributed by atoms with E-state index in [-0.39, 0.29) is 12.0 Å². The Labute approximate surface area is 169 Å². The van der Waals surface area contributed by atoms with E-state index in [1.807, 2.05) is 37.3 Å². The van der Waals surface area contributed by atoms with Crippen LogP contribution in [0.25, 0.3) is 10.9 Å². The van der Waals surface area contributed by atoms with E-state index in [4.69, 9.17) is 14.2 Å². The van der Waals surface area contributed by atoms with Crippen LogP contribution < -0.4 is 14.9 Å². The Kier molecular flexibility index (Phi) is 6.10. The molecule has 0 bridgehead atoms. The van der Waals surface area contributed by atoms with Gasteiger partial charge in [-0.15, -0.1) is 0 Å². The van der Waals surface area contributed by atoms with Gasteiger partial charge in [-0.25, -0.2) is 4.98 Å². The van der Waals surface area contributed by atoms with Gasteiger partial charge >= 0.3 is 0 Å². The average molecular weight is 394 g/mol. The lowest BCUT2D eigenvalue weighted by Crippen LogP contribution is -2.17. The van der Waals surface area contributed by atoms with Gasteiger partial charge in [-0.1, -0.05) is 12.1 Å². The number of nitrogens with zero attached hydrogens (tertiary/aromatic N) is 1. The molecule has 152 valence electrons. The topological polar surface area (TPSA) is 73.4 Å². The van der Waals surface area contributed by atoms with E-state index in [0.717, 1.165) is 49.4 Å². The van der Waals surface area contributed by atoms with E-state index >= 15 is 0 Å². The fourth-order valence-corrected chi connectivity index (χ4v) is 3.61. The number of rotatable bonds is 7. The van der Waals surface area contributed by atoms with E-state index in [9.17, 15) is 4.79 Å². The van der Waals surface area contributed by atoms with Crippen molar-refractivity contribution in [2.45, 2.75) is 32.8 Å². The van der Waals surface area contributed by atoms with Crippen LogP contribution in [0.2, 0.25) is 0 Å². The smallest absolute Gasteiger partial charge is 0.217 e. The molecule has 1 aliphatic heterocycles. The lowest BCUT2D eigenvalue weighted by Gasteiger charge is -2.21. The van der Waals surface area contributed by atoms with Gasteiger partial charge in [-0.3, -0.25) is 4.79 Å². The highest BCUT2D eigenvalue weighted by Crippen LogP contribution is 2.21. The monoisotopic (exact) mass is 394 g/mol.